The molecule has 3 amide bonds. The van der Waals surface area contributed by atoms with E-state index in [0.717, 1.165) is 16.5 Å². The van der Waals surface area contributed by atoms with Crippen LogP contribution in [0.5, 0.6) is 5.75 Å². The highest BCUT2D eigenvalue weighted by Gasteiger charge is 2.18. The number of amides is 3. The molecular weight excluding hydrogens is 508 g/mol. The van der Waals surface area contributed by atoms with Crippen LogP contribution in [0, 0.1) is 0 Å². The van der Waals surface area contributed by atoms with Gasteiger partial charge in [0.1, 0.15) is 5.75 Å². The number of nitrogens with zero attached hydrogens (tertiary/aromatic N) is 1. The van der Waals surface area contributed by atoms with Gasteiger partial charge in [0.2, 0.25) is 11.8 Å². The lowest BCUT2D eigenvalue weighted by molar-refractivity contribution is -0.114. The first-order valence-corrected chi connectivity index (χ1v) is 13.6. The molecule has 0 fully saturated rings. The number of anilines is 3. The average Bonchev–Trinajstić information content (AvgIpc) is 3.31. The van der Waals surface area contributed by atoms with Gasteiger partial charge in [-0.15, -0.1) is 23.1 Å². The van der Waals surface area contributed by atoms with Gasteiger partial charge in [-0.3, -0.25) is 19.7 Å². The minimum Gasteiger partial charge on any atom is -0.493 e. The maximum absolute atomic E-state index is 13.2. The minimum atomic E-state index is -0.280. The van der Waals surface area contributed by atoms with Crippen molar-refractivity contribution in [3.63, 3.8) is 0 Å². The number of carbonyl (C=O) groups excluding carboxylic acids is 3. The van der Waals surface area contributed by atoms with E-state index in [4.69, 9.17) is 4.74 Å². The molecule has 1 aromatic heterocycles. The Morgan fingerprint density at radius 3 is 2.41 bits per heavy atom. The smallest absolute Gasteiger partial charge is 0.261 e. The molecule has 3 N–H and O–H groups in total. The van der Waals surface area contributed by atoms with Crippen molar-refractivity contribution >= 4 is 68.1 Å². The molecule has 0 radical (unpaired) electrons. The third-order valence-electron chi connectivity index (χ3n) is 5.16. The SMILES string of the molecule is CCOc1ccc2ccccc2c1C(=O)Nc1nc(CSCC(=O)Nc2ccc(NC(C)=O)cc2)cs1. The fourth-order valence-electron chi connectivity index (χ4n) is 3.64. The Morgan fingerprint density at radius 2 is 1.68 bits per heavy atom. The van der Waals surface area contributed by atoms with Gasteiger partial charge in [-0.2, -0.15) is 0 Å². The Kier molecular flexibility index (Phi) is 8.76. The van der Waals surface area contributed by atoms with Crippen LogP contribution in [0.25, 0.3) is 10.8 Å². The Bertz CT molecular complexity index is 1420. The van der Waals surface area contributed by atoms with Crippen LogP contribution in [0.15, 0.2) is 66.0 Å². The molecule has 0 aliphatic rings. The van der Waals surface area contributed by atoms with E-state index in [2.05, 4.69) is 20.9 Å². The fourth-order valence-corrected chi connectivity index (χ4v) is 5.16. The summed E-state index contributed by atoms with van der Waals surface area (Å²) in [5, 5.41) is 12.5. The number of thiazole rings is 1. The lowest BCUT2D eigenvalue weighted by Gasteiger charge is -2.12. The highest BCUT2D eigenvalue weighted by molar-refractivity contribution is 7.99. The van der Waals surface area contributed by atoms with Crippen molar-refractivity contribution < 1.29 is 19.1 Å². The second-order valence-electron chi connectivity index (χ2n) is 7.99. The largest absolute Gasteiger partial charge is 0.493 e. The number of aromatic nitrogens is 1. The monoisotopic (exact) mass is 534 g/mol. The third kappa shape index (κ3) is 7.08. The first-order valence-electron chi connectivity index (χ1n) is 11.6. The lowest BCUT2D eigenvalue weighted by atomic mass is 10.0. The Morgan fingerprint density at radius 1 is 0.946 bits per heavy atom. The summed E-state index contributed by atoms with van der Waals surface area (Å²) in [5.41, 5.74) is 2.58. The topological polar surface area (TPSA) is 109 Å². The van der Waals surface area contributed by atoms with E-state index in [1.54, 1.807) is 24.3 Å². The summed E-state index contributed by atoms with van der Waals surface area (Å²) < 4.78 is 5.71. The van der Waals surface area contributed by atoms with Crippen molar-refractivity contribution in [2.24, 2.45) is 0 Å². The number of benzene rings is 3. The van der Waals surface area contributed by atoms with E-state index >= 15 is 0 Å². The van der Waals surface area contributed by atoms with Crippen LogP contribution in [0.3, 0.4) is 0 Å². The second-order valence-corrected chi connectivity index (χ2v) is 9.83. The fraction of sp³-hybridized carbons (Fsp3) is 0.185. The van der Waals surface area contributed by atoms with Gasteiger partial charge in [0.25, 0.3) is 5.91 Å². The zero-order chi connectivity index (χ0) is 26.2. The number of fused-ring (bicyclic) bond motifs is 1. The molecule has 190 valence electrons. The van der Waals surface area contributed by atoms with Crippen LogP contribution in [0.1, 0.15) is 29.9 Å². The Hall–Kier alpha value is -3.89. The predicted octanol–water partition coefficient (Wildman–Crippen LogP) is 5.78. The van der Waals surface area contributed by atoms with E-state index < -0.39 is 0 Å². The molecule has 10 heteroatoms. The number of ether oxygens (including phenoxy) is 1. The predicted molar refractivity (Wildman–Crippen MR) is 151 cm³/mol. The van der Waals surface area contributed by atoms with Gasteiger partial charge in [-0.25, -0.2) is 4.98 Å². The molecule has 8 nitrogen and oxygen atoms in total. The van der Waals surface area contributed by atoms with Gasteiger partial charge in [-0.05, 0) is 48.0 Å². The maximum Gasteiger partial charge on any atom is 0.261 e. The Balaban J connectivity index is 1.31. The Labute approximate surface area is 222 Å². The molecule has 0 atom stereocenters. The molecule has 4 aromatic rings. The highest BCUT2D eigenvalue weighted by Crippen LogP contribution is 2.30. The first kappa shape index (κ1) is 26.2. The molecule has 0 bridgehead atoms. The van der Waals surface area contributed by atoms with E-state index in [1.807, 2.05) is 48.7 Å². The van der Waals surface area contributed by atoms with E-state index in [-0.39, 0.29) is 23.5 Å². The first-order chi connectivity index (χ1) is 17.9. The number of carbonyl (C=O) groups is 3. The molecule has 4 rings (SSSR count). The van der Waals surface area contributed by atoms with E-state index in [0.29, 0.717) is 40.2 Å². The van der Waals surface area contributed by atoms with Crippen LogP contribution >= 0.6 is 23.1 Å². The van der Waals surface area contributed by atoms with Crippen molar-refractivity contribution in [3.05, 3.63) is 77.3 Å². The summed E-state index contributed by atoms with van der Waals surface area (Å²) in [6, 6.07) is 18.3. The van der Waals surface area contributed by atoms with Gasteiger partial charge in [0, 0.05) is 29.4 Å². The van der Waals surface area contributed by atoms with Crippen LogP contribution < -0.4 is 20.7 Å². The molecule has 37 heavy (non-hydrogen) atoms. The highest BCUT2D eigenvalue weighted by atomic mass is 32.2. The summed E-state index contributed by atoms with van der Waals surface area (Å²) in [6.45, 7) is 3.77. The summed E-state index contributed by atoms with van der Waals surface area (Å²) in [6.07, 6.45) is 0. The molecule has 1 heterocycles. The van der Waals surface area contributed by atoms with Gasteiger partial charge >= 0.3 is 0 Å². The number of hydrogen-bond acceptors (Lipinski definition) is 7. The van der Waals surface area contributed by atoms with Crippen molar-refractivity contribution in [1.29, 1.82) is 0 Å². The maximum atomic E-state index is 13.2. The average molecular weight is 535 g/mol. The number of thioether (sulfide) groups is 1. The van der Waals surface area contributed by atoms with Crippen molar-refractivity contribution in [2.45, 2.75) is 19.6 Å². The van der Waals surface area contributed by atoms with Crippen molar-refractivity contribution in [3.8, 4) is 5.75 Å². The zero-order valence-corrected chi connectivity index (χ0v) is 22.0. The number of rotatable bonds is 10. The normalized spacial score (nSPS) is 10.6. The lowest BCUT2D eigenvalue weighted by Crippen LogP contribution is -2.14. The zero-order valence-electron chi connectivity index (χ0n) is 20.4. The van der Waals surface area contributed by atoms with E-state index in [9.17, 15) is 14.4 Å². The molecule has 0 aliphatic carbocycles. The molecule has 3 aromatic carbocycles. The summed E-state index contributed by atoms with van der Waals surface area (Å²) in [7, 11) is 0. The molecule has 0 aliphatic heterocycles. The second kappa shape index (κ2) is 12.4. The number of hydrogen-bond donors (Lipinski definition) is 3. The van der Waals surface area contributed by atoms with E-state index in [1.165, 1.54) is 30.0 Å². The molecule has 0 spiro atoms. The van der Waals surface area contributed by atoms with Gasteiger partial charge in [0.05, 0.1) is 23.6 Å². The summed E-state index contributed by atoms with van der Waals surface area (Å²) >= 11 is 2.76. The van der Waals surface area contributed by atoms with Crippen LogP contribution in [0.4, 0.5) is 16.5 Å². The summed E-state index contributed by atoms with van der Waals surface area (Å²) in [4.78, 5) is 41.1. The molecule has 0 saturated carbocycles. The minimum absolute atomic E-state index is 0.138. The molecule has 0 saturated heterocycles. The summed E-state index contributed by atoms with van der Waals surface area (Å²) in [5.74, 6) is 0.738. The molecular formula is C27H26N4O4S2. The van der Waals surface area contributed by atoms with Crippen LogP contribution in [0.2, 0.25) is 0 Å². The number of nitrogens with one attached hydrogen (secondary N) is 3. The van der Waals surface area contributed by atoms with Crippen LogP contribution in [-0.2, 0) is 15.3 Å². The molecule has 0 unspecified atom stereocenters. The van der Waals surface area contributed by atoms with Crippen molar-refractivity contribution in [2.75, 3.05) is 28.3 Å². The third-order valence-corrected chi connectivity index (χ3v) is 6.93. The van der Waals surface area contributed by atoms with Crippen molar-refractivity contribution in [1.82, 2.24) is 4.98 Å². The van der Waals surface area contributed by atoms with Gasteiger partial charge in [-0.1, -0.05) is 30.3 Å². The van der Waals surface area contributed by atoms with Gasteiger partial charge in [0.15, 0.2) is 5.13 Å². The quantitative estimate of drug-likeness (QED) is 0.238. The van der Waals surface area contributed by atoms with Crippen LogP contribution in [-0.4, -0.2) is 35.1 Å². The van der Waals surface area contributed by atoms with Gasteiger partial charge < -0.3 is 15.4 Å². The standard InChI is InChI=1S/C27H26N4O4S2/c1-3-35-23-13-8-18-6-4-5-7-22(18)25(23)26(34)31-27-30-21(15-37-27)14-36-16-24(33)29-20-11-9-19(10-12-20)28-17(2)32/h4-13,15H,3,14,16H2,1-2H3,(H,28,32)(H,29,33)(H,30,31,34).